The van der Waals surface area contributed by atoms with Gasteiger partial charge in [-0.1, -0.05) is 30.1 Å². The number of carbonyl (C=O) groups excluding carboxylic acids is 1. The van der Waals surface area contributed by atoms with Crippen molar-refractivity contribution in [1.29, 1.82) is 0 Å². The second-order valence-corrected chi connectivity index (χ2v) is 7.27. The molecule has 1 aliphatic heterocycles. The first-order valence-electron chi connectivity index (χ1n) is 5.94. The molecule has 108 valence electrons. The molecule has 1 aliphatic rings. The molecule has 0 atom stereocenters. The zero-order valence-corrected chi connectivity index (χ0v) is 13.7. The highest BCUT2D eigenvalue weighted by molar-refractivity contribution is 7.20. The minimum atomic E-state index is -0.136. The summed E-state index contributed by atoms with van der Waals surface area (Å²) in [5.74, 6) is -0.136. The van der Waals surface area contributed by atoms with E-state index in [1.165, 1.54) is 11.3 Å². The molecular weight excluding hydrogens is 327 g/mol. The molecule has 1 aromatic rings. The molecule has 0 bridgehead atoms. The van der Waals surface area contributed by atoms with E-state index in [0.29, 0.717) is 20.8 Å². The van der Waals surface area contributed by atoms with Crippen LogP contribution in [-0.2, 0) is 0 Å². The van der Waals surface area contributed by atoms with Gasteiger partial charge in [-0.05, 0) is 37.4 Å². The Hall–Kier alpha value is -0.000000000000000167. The van der Waals surface area contributed by atoms with Crippen LogP contribution in [0.5, 0.6) is 0 Å². The van der Waals surface area contributed by atoms with Gasteiger partial charge in [0, 0.05) is 6.54 Å². The van der Waals surface area contributed by atoms with Crippen LogP contribution in [0.15, 0.2) is 6.07 Å². The minimum absolute atomic E-state index is 0. The van der Waals surface area contributed by atoms with Crippen LogP contribution >= 0.6 is 46.9 Å². The van der Waals surface area contributed by atoms with Gasteiger partial charge in [0.2, 0.25) is 0 Å². The van der Waals surface area contributed by atoms with Gasteiger partial charge in [-0.25, -0.2) is 0 Å². The van der Waals surface area contributed by atoms with Gasteiger partial charge in [0.05, 0.1) is 9.90 Å². The first-order chi connectivity index (χ1) is 8.50. The van der Waals surface area contributed by atoms with Crippen LogP contribution in [0.2, 0.25) is 8.67 Å². The van der Waals surface area contributed by atoms with Crippen molar-refractivity contribution >= 4 is 52.9 Å². The number of rotatable bonds is 3. The monoisotopic (exact) mass is 342 g/mol. The molecule has 3 nitrogen and oxygen atoms in total. The van der Waals surface area contributed by atoms with Crippen molar-refractivity contribution in [2.45, 2.75) is 19.8 Å². The largest absolute Gasteiger partial charge is 0.351 e. The lowest BCUT2D eigenvalue weighted by Crippen LogP contribution is -2.42. The van der Waals surface area contributed by atoms with Crippen LogP contribution in [0.4, 0.5) is 0 Å². The van der Waals surface area contributed by atoms with Gasteiger partial charge < -0.3 is 10.6 Å². The highest BCUT2D eigenvalue weighted by Crippen LogP contribution is 2.31. The molecule has 0 saturated carbocycles. The average molecular weight is 344 g/mol. The topological polar surface area (TPSA) is 41.1 Å². The standard InChI is InChI=1S/C12H16Cl2N2OS.ClH/c1-12(2-4-15-5-3-12)7-16-11(17)8-6-9(13)18-10(8)14;/h6,15H,2-5,7H2,1H3,(H,16,17);1H. The summed E-state index contributed by atoms with van der Waals surface area (Å²) in [5.41, 5.74) is 0.650. The van der Waals surface area contributed by atoms with Crippen LogP contribution in [0.1, 0.15) is 30.1 Å². The van der Waals surface area contributed by atoms with Crippen molar-refractivity contribution in [3.8, 4) is 0 Å². The van der Waals surface area contributed by atoms with Gasteiger partial charge in [-0.15, -0.1) is 23.7 Å². The summed E-state index contributed by atoms with van der Waals surface area (Å²) in [7, 11) is 0. The van der Waals surface area contributed by atoms with E-state index in [2.05, 4.69) is 17.6 Å². The molecule has 1 saturated heterocycles. The van der Waals surface area contributed by atoms with E-state index in [4.69, 9.17) is 23.2 Å². The molecule has 0 aliphatic carbocycles. The van der Waals surface area contributed by atoms with E-state index in [-0.39, 0.29) is 23.7 Å². The summed E-state index contributed by atoms with van der Waals surface area (Å²) in [6, 6.07) is 1.62. The lowest BCUT2D eigenvalue weighted by atomic mass is 9.81. The number of hydrogen-bond donors (Lipinski definition) is 2. The number of thiophene rings is 1. The van der Waals surface area contributed by atoms with Crippen molar-refractivity contribution < 1.29 is 4.79 Å². The maximum absolute atomic E-state index is 12.0. The zero-order valence-electron chi connectivity index (χ0n) is 10.6. The Labute approximate surface area is 133 Å². The lowest BCUT2D eigenvalue weighted by Gasteiger charge is -2.34. The lowest BCUT2D eigenvalue weighted by molar-refractivity contribution is 0.0923. The van der Waals surface area contributed by atoms with E-state index in [1.807, 2.05) is 0 Å². The SMILES string of the molecule is CC1(CNC(=O)c2cc(Cl)sc2Cl)CCNCC1.Cl. The van der Waals surface area contributed by atoms with E-state index in [9.17, 15) is 4.79 Å². The number of piperidine rings is 1. The Morgan fingerprint density at radius 1 is 1.47 bits per heavy atom. The third kappa shape index (κ3) is 4.50. The third-order valence-corrected chi connectivity index (χ3v) is 4.88. The number of carbonyl (C=O) groups is 1. The fraction of sp³-hybridized carbons (Fsp3) is 0.583. The van der Waals surface area contributed by atoms with Gasteiger partial charge >= 0.3 is 0 Å². The molecule has 2 heterocycles. The van der Waals surface area contributed by atoms with Crippen molar-refractivity contribution in [3.05, 3.63) is 20.3 Å². The molecule has 2 rings (SSSR count). The second kappa shape index (κ2) is 7.14. The molecule has 1 aromatic heterocycles. The van der Waals surface area contributed by atoms with Crippen molar-refractivity contribution in [2.24, 2.45) is 5.41 Å². The van der Waals surface area contributed by atoms with Crippen LogP contribution in [0.25, 0.3) is 0 Å². The van der Waals surface area contributed by atoms with Gasteiger partial charge in [0.15, 0.2) is 0 Å². The summed E-state index contributed by atoms with van der Waals surface area (Å²) in [4.78, 5) is 12.0. The molecule has 0 spiro atoms. The number of hydrogen-bond acceptors (Lipinski definition) is 3. The molecule has 0 unspecified atom stereocenters. The first kappa shape index (κ1) is 17.1. The number of halogens is 3. The predicted molar refractivity (Wildman–Crippen MR) is 84.1 cm³/mol. The summed E-state index contributed by atoms with van der Waals surface area (Å²) >= 11 is 13.0. The Morgan fingerprint density at radius 3 is 2.63 bits per heavy atom. The summed E-state index contributed by atoms with van der Waals surface area (Å²) in [6.07, 6.45) is 2.15. The molecule has 2 N–H and O–H groups in total. The Morgan fingerprint density at radius 2 is 2.11 bits per heavy atom. The second-order valence-electron chi connectivity index (χ2n) is 4.98. The Bertz CT molecular complexity index is 444. The van der Waals surface area contributed by atoms with Crippen molar-refractivity contribution in [1.82, 2.24) is 10.6 Å². The van der Waals surface area contributed by atoms with Crippen LogP contribution in [-0.4, -0.2) is 25.5 Å². The fourth-order valence-corrected chi connectivity index (χ4v) is 3.55. The van der Waals surface area contributed by atoms with Gasteiger partial charge in [-0.2, -0.15) is 0 Å². The molecule has 1 amide bonds. The zero-order chi connectivity index (χ0) is 13.2. The highest BCUT2D eigenvalue weighted by atomic mass is 35.5. The molecule has 19 heavy (non-hydrogen) atoms. The van der Waals surface area contributed by atoms with Crippen LogP contribution in [0.3, 0.4) is 0 Å². The maximum Gasteiger partial charge on any atom is 0.253 e. The summed E-state index contributed by atoms with van der Waals surface area (Å²) < 4.78 is 0.992. The normalized spacial score (nSPS) is 17.6. The van der Waals surface area contributed by atoms with Gasteiger partial charge in [0.1, 0.15) is 4.34 Å². The number of nitrogens with one attached hydrogen (secondary N) is 2. The third-order valence-electron chi connectivity index (χ3n) is 3.39. The summed E-state index contributed by atoms with van der Waals surface area (Å²) in [6.45, 7) is 4.91. The molecule has 1 fully saturated rings. The van der Waals surface area contributed by atoms with Crippen molar-refractivity contribution in [3.63, 3.8) is 0 Å². The highest BCUT2D eigenvalue weighted by Gasteiger charge is 2.27. The quantitative estimate of drug-likeness (QED) is 0.880. The first-order valence-corrected chi connectivity index (χ1v) is 7.51. The number of amides is 1. The average Bonchev–Trinajstić information content (AvgIpc) is 2.67. The van der Waals surface area contributed by atoms with E-state index >= 15 is 0 Å². The van der Waals surface area contributed by atoms with Crippen LogP contribution < -0.4 is 10.6 Å². The Kier molecular flexibility index (Phi) is 6.40. The fourth-order valence-electron chi connectivity index (χ4n) is 2.09. The minimum Gasteiger partial charge on any atom is -0.351 e. The van der Waals surface area contributed by atoms with E-state index in [0.717, 1.165) is 25.9 Å². The predicted octanol–water partition coefficient (Wildman–Crippen LogP) is 3.60. The molecular formula is C12H17Cl3N2OS. The van der Waals surface area contributed by atoms with E-state index < -0.39 is 0 Å². The van der Waals surface area contributed by atoms with Crippen molar-refractivity contribution in [2.75, 3.05) is 19.6 Å². The molecule has 7 heteroatoms. The summed E-state index contributed by atoms with van der Waals surface area (Å²) in [5, 5.41) is 6.28. The Balaban J connectivity index is 0.00000180. The molecule has 0 aromatic carbocycles. The van der Waals surface area contributed by atoms with Crippen LogP contribution in [0, 0.1) is 5.41 Å². The van der Waals surface area contributed by atoms with Gasteiger partial charge in [0.25, 0.3) is 5.91 Å². The smallest absolute Gasteiger partial charge is 0.253 e. The molecule has 0 radical (unpaired) electrons. The maximum atomic E-state index is 12.0. The van der Waals surface area contributed by atoms with Gasteiger partial charge in [-0.3, -0.25) is 4.79 Å². The van der Waals surface area contributed by atoms with E-state index in [1.54, 1.807) is 6.07 Å².